The van der Waals surface area contributed by atoms with Gasteiger partial charge in [-0.15, -0.1) is 0 Å². The Morgan fingerprint density at radius 2 is 2.11 bits per heavy atom. The Labute approximate surface area is 108 Å². The maximum Gasteiger partial charge on any atom is 0.416 e. The van der Waals surface area contributed by atoms with Gasteiger partial charge < -0.3 is 0 Å². The van der Waals surface area contributed by atoms with Crippen molar-refractivity contribution in [1.82, 2.24) is 4.98 Å². The van der Waals surface area contributed by atoms with Crippen molar-refractivity contribution in [2.45, 2.75) is 26.4 Å². The van der Waals surface area contributed by atoms with Crippen LogP contribution in [0.25, 0.3) is 0 Å². The number of carbonyl (C=O) groups is 1. The number of anilines is 1. The summed E-state index contributed by atoms with van der Waals surface area (Å²) in [4.78, 5) is 17.2. The maximum atomic E-state index is 12.6. The van der Waals surface area contributed by atoms with Crippen molar-refractivity contribution in [3.05, 3.63) is 35.0 Å². The summed E-state index contributed by atoms with van der Waals surface area (Å²) in [6, 6.07) is 1.80. The van der Waals surface area contributed by atoms with E-state index in [4.69, 9.17) is 0 Å². The first kappa shape index (κ1) is 13.6. The van der Waals surface area contributed by atoms with Crippen LogP contribution in [0, 0.1) is 0 Å². The van der Waals surface area contributed by atoms with E-state index in [2.05, 4.69) is 4.98 Å². The van der Waals surface area contributed by atoms with E-state index in [-0.39, 0.29) is 11.7 Å². The Bertz CT molecular complexity index is 549. The molecule has 1 amide bonds. The second kappa shape index (κ2) is 4.68. The zero-order valence-electron chi connectivity index (χ0n) is 10.6. The van der Waals surface area contributed by atoms with Gasteiger partial charge in [0.15, 0.2) is 0 Å². The number of hydrogen-bond acceptors (Lipinski definition) is 2. The minimum atomic E-state index is -4.43. The predicted molar refractivity (Wildman–Crippen MR) is 64.6 cm³/mol. The van der Waals surface area contributed by atoms with E-state index in [1.807, 2.05) is 13.8 Å². The van der Waals surface area contributed by atoms with Gasteiger partial charge in [-0.3, -0.25) is 9.69 Å². The van der Waals surface area contributed by atoms with Gasteiger partial charge in [0.05, 0.1) is 5.56 Å². The number of aromatic nitrogens is 1. The van der Waals surface area contributed by atoms with Crippen LogP contribution in [0.15, 0.2) is 29.5 Å². The number of hydrogen-bond donors (Lipinski definition) is 0. The van der Waals surface area contributed by atoms with Crippen molar-refractivity contribution < 1.29 is 18.0 Å². The summed E-state index contributed by atoms with van der Waals surface area (Å²) in [5, 5.41) is 0. The average molecular weight is 270 g/mol. The molecule has 1 aromatic rings. The Morgan fingerprint density at radius 1 is 1.42 bits per heavy atom. The molecule has 0 bridgehead atoms. The highest BCUT2D eigenvalue weighted by Crippen LogP contribution is 2.32. The van der Waals surface area contributed by atoms with Gasteiger partial charge in [0.25, 0.3) is 5.91 Å². The van der Waals surface area contributed by atoms with Gasteiger partial charge in [-0.1, -0.05) is 6.92 Å². The molecule has 1 aliphatic heterocycles. The first-order valence-corrected chi connectivity index (χ1v) is 5.88. The molecule has 6 heteroatoms. The van der Waals surface area contributed by atoms with Gasteiger partial charge in [0.1, 0.15) is 5.82 Å². The Balaban J connectivity index is 2.33. The molecule has 0 aliphatic carbocycles. The minimum Gasteiger partial charge on any atom is -0.289 e. The van der Waals surface area contributed by atoms with Gasteiger partial charge in [-0.05, 0) is 31.1 Å². The van der Waals surface area contributed by atoms with E-state index in [0.717, 1.165) is 23.9 Å². The van der Waals surface area contributed by atoms with E-state index >= 15 is 0 Å². The molecule has 0 saturated heterocycles. The second-order valence-electron chi connectivity index (χ2n) is 4.40. The largest absolute Gasteiger partial charge is 0.416 e. The molecule has 0 saturated carbocycles. The molecule has 0 aromatic carbocycles. The van der Waals surface area contributed by atoms with Gasteiger partial charge in [-0.2, -0.15) is 13.2 Å². The zero-order chi connectivity index (χ0) is 14.2. The molecule has 0 radical (unpaired) electrons. The van der Waals surface area contributed by atoms with Crippen LogP contribution in [-0.4, -0.2) is 17.4 Å². The highest BCUT2D eigenvalue weighted by Gasteiger charge is 2.33. The molecule has 3 nitrogen and oxygen atoms in total. The summed E-state index contributed by atoms with van der Waals surface area (Å²) < 4.78 is 37.9. The van der Waals surface area contributed by atoms with E-state index < -0.39 is 11.7 Å². The number of alkyl halides is 3. The Kier molecular flexibility index (Phi) is 3.34. The van der Waals surface area contributed by atoms with Crippen molar-refractivity contribution in [1.29, 1.82) is 0 Å². The summed E-state index contributed by atoms with van der Waals surface area (Å²) in [5.74, 6) is -0.213. The summed E-state index contributed by atoms with van der Waals surface area (Å²) in [6.45, 7) is 3.96. The fourth-order valence-electron chi connectivity index (χ4n) is 2.13. The predicted octanol–water partition coefficient (Wildman–Crippen LogP) is 3.17. The van der Waals surface area contributed by atoms with Crippen LogP contribution >= 0.6 is 0 Å². The second-order valence-corrected chi connectivity index (χ2v) is 4.40. The number of pyridine rings is 1. The maximum absolute atomic E-state index is 12.6. The molecule has 0 unspecified atom stereocenters. The number of amides is 1. The van der Waals surface area contributed by atoms with E-state index in [0.29, 0.717) is 18.5 Å². The number of rotatable bonds is 2. The number of halogens is 3. The Hall–Kier alpha value is -1.85. The number of nitrogens with zero attached hydrogens (tertiary/aromatic N) is 2. The zero-order valence-corrected chi connectivity index (χ0v) is 10.6. The standard InChI is InChI=1S/C13H13F3N2O/c1-3-10-8(2)7-18(12(10)19)11-6-9(4-5-17-11)13(14,15)16/h4-6H,3,7H2,1-2H3. The van der Waals surface area contributed by atoms with Crippen LogP contribution in [0.3, 0.4) is 0 Å². The lowest BCUT2D eigenvalue weighted by atomic mass is 10.1. The van der Waals surface area contributed by atoms with Crippen molar-refractivity contribution in [3.8, 4) is 0 Å². The summed E-state index contributed by atoms with van der Waals surface area (Å²) in [7, 11) is 0. The summed E-state index contributed by atoms with van der Waals surface area (Å²) in [5.41, 5.74) is 0.735. The van der Waals surface area contributed by atoms with Crippen LogP contribution < -0.4 is 4.90 Å². The molecule has 0 atom stereocenters. The lowest BCUT2D eigenvalue weighted by molar-refractivity contribution is -0.137. The normalized spacial score (nSPS) is 16.5. The third kappa shape index (κ3) is 2.47. The molecular formula is C13H13F3N2O. The van der Waals surface area contributed by atoms with Crippen molar-refractivity contribution in [3.63, 3.8) is 0 Å². The highest BCUT2D eigenvalue weighted by atomic mass is 19.4. The number of carbonyl (C=O) groups excluding carboxylic acids is 1. The Morgan fingerprint density at radius 3 is 2.63 bits per heavy atom. The van der Waals surface area contributed by atoms with Crippen molar-refractivity contribution in [2.75, 3.05) is 11.4 Å². The quantitative estimate of drug-likeness (QED) is 0.827. The van der Waals surface area contributed by atoms with Gasteiger partial charge in [-0.25, -0.2) is 4.98 Å². The molecule has 102 valence electrons. The van der Waals surface area contributed by atoms with E-state index in [1.54, 1.807) is 0 Å². The minimum absolute atomic E-state index is 0.0441. The third-order valence-electron chi connectivity index (χ3n) is 3.12. The van der Waals surface area contributed by atoms with E-state index in [1.165, 1.54) is 4.90 Å². The lowest BCUT2D eigenvalue weighted by Gasteiger charge is -2.17. The van der Waals surface area contributed by atoms with Crippen molar-refractivity contribution >= 4 is 11.7 Å². The van der Waals surface area contributed by atoms with Crippen molar-refractivity contribution in [2.24, 2.45) is 0 Å². The molecule has 1 aliphatic rings. The molecule has 0 fully saturated rings. The molecule has 0 N–H and O–H groups in total. The molecule has 0 spiro atoms. The smallest absolute Gasteiger partial charge is 0.289 e. The van der Waals surface area contributed by atoms with Crippen LogP contribution in [0.4, 0.5) is 19.0 Å². The van der Waals surface area contributed by atoms with Gasteiger partial charge in [0, 0.05) is 18.3 Å². The first-order chi connectivity index (χ1) is 8.84. The lowest BCUT2D eigenvalue weighted by Crippen LogP contribution is -2.28. The van der Waals surface area contributed by atoms with Gasteiger partial charge >= 0.3 is 6.18 Å². The topological polar surface area (TPSA) is 33.2 Å². The molecule has 1 aromatic heterocycles. The highest BCUT2D eigenvalue weighted by molar-refractivity contribution is 6.08. The first-order valence-electron chi connectivity index (χ1n) is 5.88. The van der Waals surface area contributed by atoms with E-state index in [9.17, 15) is 18.0 Å². The monoisotopic (exact) mass is 270 g/mol. The summed E-state index contributed by atoms with van der Waals surface area (Å²) in [6.07, 6.45) is -2.79. The fraction of sp³-hybridized carbons (Fsp3) is 0.385. The molecule has 19 heavy (non-hydrogen) atoms. The van der Waals surface area contributed by atoms with Crippen LogP contribution in [0.5, 0.6) is 0 Å². The fourth-order valence-corrected chi connectivity index (χ4v) is 2.13. The van der Waals surface area contributed by atoms with Crippen LogP contribution in [0.1, 0.15) is 25.8 Å². The molecule has 2 rings (SSSR count). The van der Waals surface area contributed by atoms with Crippen LogP contribution in [0.2, 0.25) is 0 Å². The summed E-state index contributed by atoms with van der Waals surface area (Å²) >= 11 is 0. The third-order valence-corrected chi connectivity index (χ3v) is 3.12. The average Bonchev–Trinajstić information content (AvgIpc) is 2.63. The van der Waals surface area contributed by atoms with Crippen LogP contribution in [-0.2, 0) is 11.0 Å². The molecule has 2 heterocycles. The molecular weight excluding hydrogens is 257 g/mol. The van der Waals surface area contributed by atoms with Gasteiger partial charge in [0.2, 0.25) is 0 Å². The SMILES string of the molecule is CCC1=C(C)CN(c2cc(C(F)(F)F)ccn2)C1=O.